The third-order valence-electron chi connectivity index (χ3n) is 2.44. The van der Waals surface area contributed by atoms with Crippen LogP contribution in [0, 0.1) is 0 Å². The molecular formula is C11H15N5O2S. The molecule has 2 rings (SSSR count). The Labute approximate surface area is 111 Å². The first-order valence-corrected chi connectivity index (χ1v) is 7.28. The van der Waals surface area contributed by atoms with Crippen LogP contribution in [0.3, 0.4) is 0 Å². The number of aromatic nitrogens is 3. The van der Waals surface area contributed by atoms with E-state index in [4.69, 9.17) is 0 Å². The number of rotatable bonds is 6. The van der Waals surface area contributed by atoms with Gasteiger partial charge in [-0.05, 0) is 19.1 Å². The summed E-state index contributed by atoms with van der Waals surface area (Å²) in [4.78, 5) is 4.08. The second kappa shape index (κ2) is 5.81. The Bertz CT molecular complexity index is 624. The molecule has 2 aromatic rings. The van der Waals surface area contributed by atoms with Crippen LogP contribution in [0.4, 0.5) is 5.69 Å². The number of sulfonamides is 1. The van der Waals surface area contributed by atoms with E-state index in [0.717, 1.165) is 0 Å². The van der Waals surface area contributed by atoms with Crippen molar-refractivity contribution in [2.24, 2.45) is 0 Å². The molecule has 0 unspecified atom stereocenters. The molecule has 1 aromatic carbocycles. The standard InChI is InChI=1S/C11H15N5O2S/c1-2-12-9-5-3-4-6-10(9)19(17,18)15-7-11-13-8-14-16-11/h3-6,8,12,15H,2,7H2,1H3,(H,13,14,16). The molecule has 0 aliphatic rings. The van der Waals surface area contributed by atoms with Crippen LogP contribution in [0.15, 0.2) is 35.5 Å². The molecule has 102 valence electrons. The molecule has 7 nitrogen and oxygen atoms in total. The molecule has 0 atom stereocenters. The number of H-pyrrole nitrogens is 1. The van der Waals surface area contributed by atoms with E-state index < -0.39 is 10.0 Å². The van der Waals surface area contributed by atoms with Crippen LogP contribution in [-0.4, -0.2) is 30.1 Å². The zero-order chi connectivity index (χ0) is 13.7. The number of aromatic amines is 1. The SMILES string of the molecule is CCNc1ccccc1S(=O)(=O)NCc1ncn[nH]1. The van der Waals surface area contributed by atoms with Crippen LogP contribution >= 0.6 is 0 Å². The first-order valence-electron chi connectivity index (χ1n) is 5.80. The molecule has 0 aliphatic carbocycles. The minimum Gasteiger partial charge on any atom is -0.384 e. The largest absolute Gasteiger partial charge is 0.384 e. The number of nitrogens with one attached hydrogen (secondary N) is 3. The van der Waals surface area contributed by atoms with Gasteiger partial charge in [0.1, 0.15) is 17.0 Å². The molecule has 19 heavy (non-hydrogen) atoms. The Morgan fingerprint density at radius 2 is 2.11 bits per heavy atom. The van der Waals surface area contributed by atoms with Crippen LogP contribution in [0.5, 0.6) is 0 Å². The zero-order valence-corrected chi connectivity index (χ0v) is 11.2. The summed E-state index contributed by atoms with van der Waals surface area (Å²) in [6.45, 7) is 2.63. The van der Waals surface area contributed by atoms with Crippen molar-refractivity contribution in [3.8, 4) is 0 Å². The highest BCUT2D eigenvalue weighted by atomic mass is 32.2. The van der Waals surface area contributed by atoms with Gasteiger partial charge in [0.2, 0.25) is 10.0 Å². The van der Waals surface area contributed by atoms with Crippen molar-refractivity contribution in [3.63, 3.8) is 0 Å². The third kappa shape index (κ3) is 3.30. The van der Waals surface area contributed by atoms with Gasteiger partial charge in [-0.1, -0.05) is 12.1 Å². The van der Waals surface area contributed by atoms with E-state index in [2.05, 4.69) is 25.2 Å². The van der Waals surface area contributed by atoms with Crippen molar-refractivity contribution in [1.82, 2.24) is 19.9 Å². The Morgan fingerprint density at radius 1 is 1.32 bits per heavy atom. The summed E-state index contributed by atoms with van der Waals surface area (Å²) in [7, 11) is -3.59. The first kappa shape index (κ1) is 13.5. The molecule has 1 heterocycles. The smallest absolute Gasteiger partial charge is 0.243 e. The van der Waals surface area contributed by atoms with Crippen molar-refractivity contribution in [2.75, 3.05) is 11.9 Å². The fraction of sp³-hybridized carbons (Fsp3) is 0.273. The van der Waals surface area contributed by atoms with Gasteiger partial charge in [0.25, 0.3) is 0 Å². The van der Waals surface area contributed by atoms with Gasteiger partial charge < -0.3 is 5.32 Å². The predicted octanol–water partition coefficient (Wildman–Crippen LogP) is 0.715. The van der Waals surface area contributed by atoms with E-state index in [1.54, 1.807) is 24.3 Å². The van der Waals surface area contributed by atoms with Gasteiger partial charge in [-0.15, -0.1) is 0 Å². The topological polar surface area (TPSA) is 99.8 Å². The maximum atomic E-state index is 12.2. The van der Waals surface area contributed by atoms with Gasteiger partial charge in [-0.25, -0.2) is 18.1 Å². The Morgan fingerprint density at radius 3 is 2.79 bits per heavy atom. The Hall–Kier alpha value is -1.93. The van der Waals surface area contributed by atoms with E-state index in [-0.39, 0.29) is 11.4 Å². The number of para-hydroxylation sites is 1. The molecule has 0 saturated carbocycles. The quantitative estimate of drug-likeness (QED) is 0.724. The van der Waals surface area contributed by atoms with E-state index in [9.17, 15) is 8.42 Å². The summed E-state index contributed by atoms with van der Waals surface area (Å²) in [6, 6.07) is 6.75. The van der Waals surface area contributed by atoms with E-state index in [0.29, 0.717) is 18.1 Å². The first-order chi connectivity index (χ1) is 9.13. The lowest BCUT2D eigenvalue weighted by Crippen LogP contribution is -2.24. The van der Waals surface area contributed by atoms with Crippen LogP contribution in [-0.2, 0) is 16.6 Å². The number of hydrogen-bond donors (Lipinski definition) is 3. The number of benzene rings is 1. The Balaban J connectivity index is 2.19. The maximum absolute atomic E-state index is 12.2. The highest BCUT2D eigenvalue weighted by molar-refractivity contribution is 7.89. The molecule has 3 N–H and O–H groups in total. The lowest BCUT2D eigenvalue weighted by atomic mass is 10.3. The number of hydrogen-bond acceptors (Lipinski definition) is 5. The zero-order valence-electron chi connectivity index (χ0n) is 10.4. The van der Waals surface area contributed by atoms with Crippen LogP contribution < -0.4 is 10.0 Å². The summed E-state index contributed by atoms with van der Waals surface area (Å²) >= 11 is 0. The van der Waals surface area contributed by atoms with Crippen molar-refractivity contribution in [1.29, 1.82) is 0 Å². The van der Waals surface area contributed by atoms with Gasteiger partial charge in [0, 0.05) is 6.54 Å². The second-order valence-corrected chi connectivity index (χ2v) is 5.52. The molecule has 0 saturated heterocycles. The van der Waals surface area contributed by atoms with E-state index in [1.165, 1.54) is 6.33 Å². The molecular weight excluding hydrogens is 266 g/mol. The van der Waals surface area contributed by atoms with Crippen molar-refractivity contribution in [2.45, 2.75) is 18.4 Å². The van der Waals surface area contributed by atoms with Gasteiger partial charge in [0.05, 0.1) is 12.2 Å². The lowest BCUT2D eigenvalue weighted by Gasteiger charge is -2.11. The fourth-order valence-electron chi connectivity index (χ4n) is 1.59. The highest BCUT2D eigenvalue weighted by Gasteiger charge is 2.17. The summed E-state index contributed by atoms with van der Waals surface area (Å²) in [6.07, 6.45) is 1.33. The molecule has 0 radical (unpaired) electrons. The molecule has 0 aliphatic heterocycles. The second-order valence-electron chi connectivity index (χ2n) is 3.78. The third-order valence-corrected chi connectivity index (χ3v) is 3.90. The van der Waals surface area contributed by atoms with Gasteiger partial charge >= 0.3 is 0 Å². The lowest BCUT2D eigenvalue weighted by molar-refractivity contribution is 0.579. The maximum Gasteiger partial charge on any atom is 0.243 e. The van der Waals surface area contributed by atoms with Crippen LogP contribution in [0.1, 0.15) is 12.7 Å². The van der Waals surface area contributed by atoms with Crippen molar-refractivity contribution < 1.29 is 8.42 Å². The van der Waals surface area contributed by atoms with Crippen LogP contribution in [0.25, 0.3) is 0 Å². The minimum atomic E-state index is -3.59. The average Bonchev–Trinajstić information content (AvgIpc) is 2.91. The van der Waals surface area contributed by atoms with Crippen LogP contribution in [0.2, 0.25) is 0 Å². The molecule has 0 amide bonds. The molecule has 0 spiro atoms. The monoisotopic (exact) mass is 281 g/mol. The molecule has 0 bridgehead atoms. The highest BCUT2D eigenvalue weighted by Crippen LogP contribution is 2.20. The predicted molar refractivity (Wildman–Crippen MR) is 71.0 cm³/mol. The van der Waals surface area contributed by atoms with Gasteiger partial charge in [0.15, 0.2) is 0 Å². The molecule has 0 fully saturated rings. The Kier molecular flexibility index (Phi) is 4.13. The molecule has 8 heteroatoms. The van der Waals surface area contributed by atoms with Gasteiger partial charge in [-0.3, -0.25) is 5.10 Å². The normalized spacial score (nSPS) is 11.4. The number of anilines is 1. The van der Waals surface area contributed by atoms with Crippen molar-refractivity contribution >= 4 is 15.7 Å². The molecule has 1 aromatic heterocycles. The van der Waals surface area contributed by atoms with Crippen molar-refractivity contribution in [3.05, 3.63) is 36.4 Å². The van der Waals surface area contributed by atoms with E-state index in [1.807, 2.05) is 6.92 Å². The average molecular weight is 281 g/mol. The van der Waals surface area contributed by atoms with E-state index >= 15 is 0 Å². The minimum absolute atomic E-state index is 0.0722. The summed E-state index contributed by atoms with van der Waals surface area (Å²) in [5.41, 5.74) is 0.579. The van der Waals surface area contributed by atoms with Gasteiger partial charge in [-0.2, -0.15) is 5.10 Å². The summed E-state index contributed by atoms with van der Waals surface area (Å²) in [5, 5.41) is 9.28. The summed E-state index contributed by atoms with van der Waals surface area (Å²) in [5.74, 6) is 0.463. The fourth-order valence-corrected chi connectivity index (χ4v) is 2.76. The number of nitrogens with zero attached hydrogens (tertiary/aromatic N) is 2. The summed E-state index contributed by atoms with van der Waals surface area (Å²) < 4.78 is 26.9.